The third-order valence-corrected chi connectivity index (χ3v) is 4.17. The van der Waals surface area contributed by atoms with Crippen molar-refractivity contribution in [3.8, 4) is 5.75 Å². The van der Waals surface area contributed by atoms with Gasteiger partial charge in [0.1, 0.15) is 22.8 Å². The van der Waals surface area contributed by atoms with E-state index in [1.54, 1.807) is 48.9 Å². The number of aliphatic imine (C=N–C) groups is 2. The Balaban J connectivity index is 2.41. The minimum Gasteiger partial charge on any atom is -0.755 e. The molecule has 5 N–H and O–H groups in total. The average Bonchev–Trinajstić information content (AvgIpc) is 3.06. The van der Waals surface area contributed by atoms with Crippen molar-refractivity contribution in [2.45, 2.75) is 13.5 Å². The number of amidine groups is 3. The van der Waals surface area contributed by atoms with Gasteiger partial charge in [-0.2, -0.15) is 0 Å². The van der Waals surface area contributed by atoms with Crippen LogP contribution in [0, 0.1) is 6.92 Å². The summed E-state index contributed by atoms with van der Waals surface area (Å²) < 4.78 is 31.6. The molecule has 0 aliphatic rings. The molecule has 0 radical (unpaired) electrons. The second-order valence-electron chi connectivity index (χ2n) is 6.18. The summed E-state index contributed by atoms with van der Waals surface area (Å²) in [5, 5.41) is 13.6. The van der Waals surface area contributed by atoms with Crippen molar-refractivity contribution in [3.63, 3.8) is 0 Å². The number of nitrogens with one attached hydrogen (secondary N) is 2. The summed E-state index contributed by atoms with van der Waals surface area (Å²) in [5.41, 5.74) is 6.64. The highest BCUT2D eigenvalue weighted by Gasteiger charge is 2.17. The van der Waals surface area contributed by atoms with Crippen LogP contribution in [0.25, 0.3) is 0 Å². The number of nitrogens with two attached hydrogens (primary N) is 1. The number of aromatic hydroxyl groups is 1. The van der Waals surface area contributed by atoms with Crippen molar-refractivity contribution in [1.29, 1.82) is 0 Å². The lowest BCUT2D eigenvalue weighted by atomic mass is 10.1. The van der Waals surface area contributed by atoms with Crippen LogP contribution in [0.5, 0.6) is 5.75 Å². The summed E-state index contributed by atoms with van der Waals surface area (Å²) in [6.45, 7) is 1.85. The fraction of sp³-hybridized carbons (Fsp3) is 0.278. The number of phenols is 1. The van der Waals surface area contributed by atoms with E-state index in [1.165, 1.54) is 0 Å². The van der Waals surface area contributed by atoms with Crippen LogP contribution in [-0.2, 0) is 17.8 Å². The van der Waals surface area contributed by atoms with Crippen LogP contribution in [0.2, 0.25) is 0 Å². The molecular formula is C18H24N6O4S. The van der Waals surface area contributed by atoms with Gasteiger partial charge in [0.2, 0.25) is 0 Å². The second kappa shape index (κ2) is 9.85. The molecule has 156 valence electrons. The van der Waals surface area contributed by atoms with Gasteiger partial charge in [0.15, 0.2) is 17.4 Å². The van der Waals surface area contributed by atoms with E-state index in [0.29, 0.717) is 22.9 Å². The number of benzene rings is 1. The maximum atomic E-state index is 11.1. The summed E-state index contributed by atoms with van der Waals surface area (Å²) in [4.78, 5) is 8.28. The maximum absolute atomic E-state index is 11.1. The summed E-state index contributed by atoms with van der Waals surface area (Å²) in [6.07, 6.45) is 0. The predicted octanol–water partition coefficient (Wildman–Crippen LogP) is 0.503. The number of nitrogens with zero attached hydrogens (tertiary/aromatic N) is 3. The van der Waals surface area contributed by atoms with Crippen molar-refractivity contribution in [2.75, 3.05) is 21.1 Å². The molecule has 0 saturated heterocycles. The van der Waals surface area contributed by atoms with E-state index < -0.39 is 11.3 Å². The number of para-hydroxylation sites is 1. The first-order valence-corrected chi connectivity index (χ1v) is 9.65. The van der Waals surface area contributed by atoms with E-state index in [1.807, 2.05) is 14.1 Å². The fourth-order valence-electron chi connectivity index (χ4n) is 2.57. The van der Waals surface area contributed by atoms with Crippen molar-refractivity contribution in [2.24, 2.45) is 15.7 Å². The second-order valence-corrected chi connectivity index (χ2v) is 6.85. The van der Waals surface area contributed by atoms with E-state index in [9.17, 15) is 13.9 Å². The first-order chi connectivity index (χ1) is 13.7. The molecule has 29 heavy (non-hydrogen) atoms. The topological polar surface area (TPSA) is 151 Å². The molecule has 0 aliphatic heterocycles. The van der Waals surface area contributed by atoms with Gasteiger partial charge in [-0.05, 0) is 31.2 Å². The Bertz CT molecular complexity index is 992. The fourth-order valence-corrected chi connectivity index (χ4v) is 2.89. The summed E-state index contributed by atoms with van der Waals surface area (Å²) >= 11 is -2.66. The minimum absolute atomic E-state index is 0.0634. The van der Waals surface area contributed by atoms with Gasteiger partial charge in [-0.1, -0.05) is 6.07 Å². The van der Waals surface area contributed by atoms with Crippen molar-refractivity contribution < 1.29 is 22.9 Å². The lowest BCUT2D eigenvalue weighted by molar-refractivity contribution is -0.466. The normalized spacial score (nSPS) is 13.1. The van der Waals surface area contributed by atoms with E-state index >= 15 is 0 Å². The molecule has 1 aromatic carbocycles. The Morgan fingerprint density at radius 1 is 1.34 bits per heavy atom. The van der Waals surface area contributed by atoms with Crippen LogP contribution in [-0.4, -0.2) is 57.1 Å². The monoisotopic (exact) mass is 420 g/mol. The zero-order valence-corrected chi connectivity index (χ0v) is 17.4. The molecule has 0 bridgehead atoms. The van der Waals surface area contributed by atoms with E-state index in [-0.39, 0.29) is 29.7 Å². The van der Waals surface area contributed by atoms with Crippen LogP contribution >= 0.6 is 0 Å². The highest BCUT2D eigenvalue weighted by molar-refractivity contribution is 7.77. The summed E-state index contributed by atoms with van der Waals surface area (Å²) in [5.74, 6) is 1.42. The third-order valence-electron chi connectivity index (χ3n) is 3.81. The SMILES string of the molecule is CNC(c1cccc(N=C(N)C(=NCc2ccc(C)o2)NS(=O)[O-])c1O)=[N+](C)C. The molecule has 1 unspecified atom stereocenters. The lowest BCUT2D eigenvalue weighted by Crippen LogP contribution is -2.37. The van der Waals surface area contributed by atoms with Crippen LogP contribution in [0.3, 0.4) is 0 Å². The van der Waals surface area contributed by atoms with Gasteiger partial charge in [0.05, 0.1) is 27.7 Å². The first-order valence-electron chi connectivity index (χ1n) is 8.57. The Morgan fingerprint density at radius 3 is 2.62 bits per heavy atom. The third kappa shape index (κ3) is 5.90. The Morgan fingerprint density at radius 2 is 2.07 bits per heavy atom. The number of hydrogen-bond acceptors (Lipinski definition) is 6. The summed E-state index contributed by atoms with van der Waals surface area (Å²) in [6, 6.07) is 8.46. The van der Waals surface area contributed by atoms with E-state index in [0.717, 1.165) is 0 Å². The summed E-state index contributed by atoms with van der Waals surface area (Å²) in [7, 11) is 5.38. The molecule has 1 atom stereocenters. The van der Waals surface area contributed by atoms with Crippen molar-refractivity contribution >= 4 is 34.5 Å². The molecule has 2 rings (SSSR count). The highest BCUT2D eigenvalue weighted by atomic mass is 32.2. The molecule has 0 fully saturated rings. The number of aryl methyl sites for hydroxylation is 1. The molecule has 0 aliphatic carbocycles. The molecular weight excluding hydrogens is 396 g/mol. The first kappa shape index (κ1) is 22.1. The van der Waals surface area contributed by atoms with Gasteiger partial charge in [-0.3, -0.25) is 23.8 Å². The highest BCUT2D eigenvalue weighted by Crippen LogP contribution is 2.30. The quantitative estimate of drug-likeness (QED) is 0.239. The molecule has 0 saturated carbocycles. The van der Waals surface area contributed by atoms with Gasteiger partial charge < -0.3 is 19.8 Å². The van der Waals surface area contributed by atoms with Crippen LogP contribution in [0.1, 0.15) is 17.1 Å². The Hall–Kier alpha value is -3.18. The molecule has 0 amide bonds. The average molecular weight is 420 g/mol. The predicted molar refractivity (Wildman–Crippen MR) is 111 cm³/mol. The van der Waals surface area contributed by atoms with Crippen molar-refractivity contribution in [1.82, 2.24) is 10.0 Å². The van der Waals surface area contributed by atoms with Gasteiger partial charge in [0.25, 0.3) is 5.84 Å². The molecule has 11 heteroatoms. The molecule has 10 nitrogen and oxygen atoms in total. The van der Waals surface area contributed by atoms with Gasteiger partial charge in [-0.25, -0.2) is 4.99 Å². The molecule has 0 spiro atoms. The number of phenolic OH excluding ortho intramolecular Hbond substituents is 1. The van der Waals surface area contributed by atoms with E-state index in [4.69, 9.17) is 10.2 Å². The van der Waals surface area contributed by atoms with Gasteiger partial charge in [-0.15, -0.1) is 0 Å². The standard InChI is InChI=1S/C18H24N6O4S/c1-11-8-9-12(28-11)10-21-17(23-29(26)27)16(19)22-14-7-5-6-13(15(14)25)18(20-2)24(3)4/h5-9H,10H2,1-4H3,(H5,19,20,21,22,23,25,26,27). The Kier molecular flexibility index (Phi) is 7.51. The van der Waals surface area contributed by atoms with Crippen LogP contribution < -0.4 is 15.8 Å². The molecule has 2 aromatic rings. The van der Waals surface area contributed by atoms with Gasteiger partial charge in [0, 0.05) is 11.3 Å². The largest absolute Gasteiger partial charge is 0.755 e. The smallest absolute Gasteiger partial charge is 0.280 e. The number of rotatable bonds is 5. The lowest BCUT2D eigenvalue weighted by Gasteiger charge is -2.12. The Labute approximate surface area is 171 Å². The van der Waals surface area contributed by atoms with Gasteiger partial charge >= 0.3 is 0 Å². The van der Waals surface area contributed by atoms with Crippen LogP contribution in [0.15, 0.2) is 44.7 Å². The molecule has 1 aromatic heterocycles. The van der Waals surface area contributed by atoms with E-state index in [2.05, 4.69) is 20.0 Å². The number of hydrogen-bond donors (Lipinski definition) is 4. The maximum Gasteiger partial charge on any atom is 0.280 e. The number of furan rings is 1. The van der Waals surface area contributed by atoms with Crippen LogP contribution in [0.4, 0.5) is 5.69 Å². The molecule has 1 heterocycles. The minimum atomic E-state index is -2.66. The zero-order chi connectivity index (χ0) is 21.6. The van der Waals surface area contributed by atoms with Crippen molar-refractivity contribution in [3.05, 3.63) is 47.4 Å². The zero-order valence-electron chi connectivity index (χ0n) is 16.6.